The number of hydrogen-bond acceptors (Lipinski definition) is 4. The van der Waals surface area contributed by atoms with E-state index in [-0.39, 0.29) is 12.0 Å². The van der Waals surface area contributed by atoms with Crippen molar-refractivity contribution < 1.29 is 14.3 Å². The average molecular weight is 365 g/mol. The summed E-state index contributed by atoms with van der Waals surface area (Å²) in [6.07, 6.45) is 0.781. The predicted octanol–water partition coefficient (Wildman–Crippen LogP) is 4.16. The Morgan fingerprint density at radius 3 is 2.73 bits per heavy atom. The van der Waals surface area contributed by atoms with Gasteiger partial charge in [-0.15, -0.1) is 11.3 Å². The Labute approximate surface area is 156 Å². The molecule has 1 amide bonds. The van der Waals surface area contributed by atoms with Crippen molar-refractivity contribution in [1.82, 2.24) is 5.32 Å². The quantitative estimate of drug-likeness (QED) is 0.739. The number of hydrogen-bond donors (Lipinski definition) is 1. The van der Waals surface area contributed by atoms with Crippen molar-refractivity contribution in [1.29, 1.82) is 0 Å². The summed E-state index contributed by atoms with van der Waals surface area (Å²) in [7, 11) is 1.59. The molecule has 0 spiro atoms. The number of nitrogens with one attached hydrogen (secondary N) is 1. The molecule has 3 aromatic rings. The molecule has 0 aliphatic carbocycles. The number of amides is 1. The molecule has 1 atom stereocenters. The summed E-state index contributed by atoms with van der Waals surface area (Å²) in [5, 5.41) is 2.98. The van der Waals surface area contributed by atoms with Crippen molar-refractivity contribution >= 4 is 17.2 Å². The standard InChI is InChI=1S/C21H19NO3S/c1-24-18-12-19(14-7-3-2-4-8-14)26-20(18)21(23)22-13-16-11-15-9-5-6-10-17(15)25-16/h2-10,12,16H,11,13H2,1H3,(H,22,23). The van der Waals surface area contributed by atoms with Crippen molar-refractivity contribution in [3.63, 3.8) is 0 Å². The van der Waals surface area contributed by atoms with E-state index < -0.39 is 0 Å². The Morgan fingerprint density at radius 1 is 1.19 bits per heavy atom. The van der Waals surface area contributed by atoms with E-state index in [1.165, 1.54) is 16.9 Å². The molecular weight excluding hydrogens is 346 g/mol. The molecule has 26 heavy (non-hydrogen) atoms. The maximum Gasteiger partial charge on any atom is 0.265 e. The third kappa shape index (κ3) is 3.30. The lowest BCUT2D eigenvalue weighted by Gasteiger charge is -2.11. The number of benzene rings is 2. The number of fused-ring (bicyclic) bond motifs is 1. The summed E-state index contributed by atoms with van der Waals surface area (Å²) in [6, 6.07) is 19.9. The maximum absolute atomic E-state index is 12.7. The highest BCUT2D eigenvalue weighted by Gasteiger charge is 2.24. The van der Waals surface area contributed by atoms with Crippen LogP contribution in [0.3, 0.4) is 0 Å². The molecule has 4 rings (SSSR count). The van der Waals surface area contributed by atoms with Gasteiger partial charge in [0.1, 0.15) is 22.5 Å². The SMILES string of the molecule is COc1cc(-c2ccccc2)sc1C(=O)NCC1Cc2ccccc2O1. The molecule has 1 aliphatic heterocycles. The molecule has 0 saturated carbocycles. The van der Waals surface area contributed by atoms with Gasteiger partial charge in [0.15, 0.2) is 0 Å². The molecule has 1 unspecified atom stereocenters. The fourth-order valence-corrected chi connectivity index (χ4v) is 4.13. The highest BCUT2D eigenvalue weighted by molar-refractivity contribution is 7.17. The van der Waals surface area contributed by atoms with Crippen LogP contribution >= 0.6 is 11.3 Å². The van der Waals surface area contributed by atoms with E-state index in [1.54, 1.807) is 7.11 Å². The highest BCUT2D eigenvalue weighted by Crippen LogP contribution is 2.36. The van der Waals surface area contributed by atoms with Gasteiger partial charge in [-0.1, -0.05) is 48.5 Å². The lowest BCUT2D eigenvalue weighted by atomic mass is 10.1. The summed E-state index contributed by atoms with van der Waals surface area (Å²) in [5.41, 5.74) is 2.26. The summed E-state index contributed by atoms with van der Waals surface area (Å²) in [4.78, 5) is 14.3. The minimum atomic E-state index is -0.131. The Balaban J connectivity index is 1.44. The van der Waals surface area contributed by atoms with E-state index in [9.17, 15) is 4.79 Å². The van der Waals surface area contributed by atoms with Crippen LogP contribution in [0.15, 0.2) is 60.7 Å². The number of carbonyl (C=O) groups excluding carboxylic acids is 1. The zero-order chi connectivity index (χ0) is 17.9. The molecule has 1 aliphatic rings. The molecule has 2 aromatic carbocycles. The summed E-state index contributed by atoms with van der Waals surface area (Å²) in [6.45, 7) is 0.467. The minimum absolute atomic E-state index is 0.0316. The van der Waals surface area contributed by atoms with Gasteiger partial charge in [-0.3, -0.25) is 4.79 Å². The minimum Gasteiger partial charge on any atom is -0.495 e. The molecule has 0 radical (unpaired) electrons. The van der Waals surface area contributed by atoms with Gasteiger partial charge < -0.3 is 14.8 Å². The van der Waals surface area contributed by atoms with Crippen LogP contribution in [0, 0.1) is 0 Å². The fourth-order valence-electron chi connectivity index (χ4n) is 3.08. The molecule has 1 N–H and O–H groups in total. The fraction of sp³-hybridized carbons (Fsp3) is 0.190. The van der Waals surface area contributed by atoms with Crippen LogP contribution in [-0.4, -0.2) is 25.7 Å². The topological polar surface area (TPSA) is 47.6 Å². The van der Waals surface area contributed by atoms with Crippen molar-refractivity contribution in [2.75, 3.05) is 13.7 Å². The van der Waals surface area contributed by atoms with Gasteiger partial charge in [0, 0.05) is 11.3 Å². The monoisotopic (exact) mass is 365 g/mol. The van der Waals surface area contributed by atoms with Gasteiger partial charge in [0.25, 0.3) is 5.91 Å². The van der Waals surface area contributed by atoms with Crippen molar-refractivity contribution in [3.8, 4) is 21.9 Å². The largest absolute Gasteiger partial charge is 0.495 e. The molecule has 1 aromatic heterocycles. The van der Waals surface area contributed by atoms with Crippen LogP contribution in [0.25, 0.3) is 10.4 Å². The second-order valence-electron chi connectivity index (χ2n) is 6.14. The summed E-state index contributed by atoms with van der Waals surface area (Å²) in [5.74, 6) is 1.38. The Hall–Kier alpha value is -2.79. The first-order chi connectivity index (χ1) is 12.7. The van der Waals surface area contributed by atoms with Crippen LogP contribution < -0.4 is 14.8 Å². The number of methoxy groups -OCH3 is 1. The second-order valence-corrected chi connectivity index (χ2v) is 7.19. The van der Waals surface area contributed by atoms with E-state index >= 15 is 0 Å². The van der Waals surface area contributed by atoms with Gasteiger partial charge in [-0.2, -0.15) is 0 Å². The molecule has 2 heterocycles. The van der Waals surface area contributed by atoms with Crippen LogP contribution in [0.5, 0.6) is 11.5 Å². The van der Waals surface area contributed by atoms with Crippen molar-refractivity contribution in [2.24, 2.45) is 0 Å². The van der Waals surface area contributed by atoms with E-state index in [1.807, 2.05) is 54.6 Å². The number of carbonyl (C=O) groups is 1. The van der Waals surface area contributed by atoms with Gasteiger partial charge >= 0.3 is 0 Å². The third-order valence-corrected chi connectivity index (χ3v) is 5.55. The third-order valence-electron chi connectivity index (χ3n) is 4.39. The van der Waals surface area contributed by atoms with Crippen LogP contribution in [0.2, 0.25) is 0 Å². The molecule has 0 fully saturated rings. The zero-order valence-corrected chi connectivity index (χ0v) is 15.2. The van der Waals surface area contributed by atoms with E-state index in [2.05, 4.69) is 11.4 Å². The van der Waals surface area contributed by atoms with Crippen LogP contribution in [0.4, 0.5) is 0 Å². The van der Waals surface area contributed by atoms with Crippen molar-refractivity contribution in [2.45, 2.75) is 12.5 Å². The molecule has 0 bridgehead atoms. The number of rotatable bonds is 5. The molecule has 0 saturated heterocycles. The van der Waals surface area contributed by atoms with E-state index in [0.717, 1.165) is 22.6 Å². The van der Waals surface area contributed by atoms with Crippen LogP contribution in [-0.2, 0) is 6.42 Å². The lowest BCUT2D eigenvalue weighted by Crippen LogP contribution is -2.34. The van der Waals surface area contributed by atoms with Gasteiger partial charge in [0.2, 0.25) is 0 Å². The van der Waals surface area contributed by atoms with Gasteiger partial charge in [-0.25, -0.2) is 0 Å². The predicted molar refractivity (Wildman–Crippen MR) is 103 cm³/mol. The molecule has 5 heteroatoms. The Morgan fingerprint density at radius 2 is 1.96 bits per heavy atom. The van der Waals surface area contributed by atoms with E-state index in [4.69, 9.17) is 9.47 Å². The highest BCUT2D eigenvalue weighted by atomic mass is 32.1. The molecule has 4 nitrogen and oxygen atoms in total. The number of para-hydroxylation sites is 1. The first kappa shape index (κ1) is 16.7. The van der Waals surface area contributed by atoms with Crippen molar-refractivity contribution in [3.05, 3.63) is 71.1 Å². The first-order valence-electron chi connectivity index (χ1n) is 8.50. The average Bonchev–Trinajstić information content (AvgIpc) is 3.30. The summed E-state index contributed by atoms with van der Waals surface area (Å²) >= 11 is 1.44. The maximum atomic E-state index is 12.7. The molecule has 132 valence electrons. The molecular formula is C21H19NO3S. The number of thiophene rings is 1. The van der Waals surface area contributed by atoms with Gasteiger partial charge in [-0.05, 0) is 23.3 Å². The normalized spacial score (nSPS) is 15.2. The van der Waals surface area contributed by atoms with E-state index in [0.29, 0.717) is 17.2 Å². The summed E-state index contributed by atoms with van der Waals surface area (Å²) < 4.78 is 11.3. The zero-order valence-electron chi connectivity index (χ0n) is 14.4. The second kappa shape index (κ2) is 7.22. The Kier molecular flexibility index (Phi) is 4.63. The van der Waals surface area contributed by atoms with Crippen LogP contribution in [0.1, 0.15) is 15.2 Å². The first-order valence-corrected chi connectivity index (χ1v) is 9.32. The Bertz CT molecular complexity index is 895. The smallest absolute Gasteiger partial charge is 0.265 e. The number of ether oxygens (including phenoxy) is 2. The van der Waals surface area contributed by atoms with Gasteiger partial charge in [0.05, 0.1) is 13.7 Å². The lowest BCUT2D eigenvalue weighted by molar-refractivity contribution is 0.0935.